The Morgan fingerprint density at radius 1 is 1.28 bits per heavy atom. The minimum absolute atomic E-state index is 0.104. The molecule has 0 radical (unpaired) electrons. The molecule has 0 fully saturated rings. The van der Waals surface area contributed by atoms with Gasteiger partial charge in [0.25, 0.3) is 0 Å². The maximum absolute atomic E-state index is 12.0. The molecule has 126 valence electrons. The predicted octanol–water partition coefficient (Wildman–Crippen LogP) is 2.87. The van der Waals surface area contributed by atoms with Gasteiger partial charge in [0.15, 0.2) is 0 Å². The second-order valence-corrected chi connectivity index (χ2v) is 6.04. The van der Waals surface area contributed by atoms with Crippen LogP contribution in [0.25, 0.3) is 17.1 Å². The van der Waals surface area contributed by atoms with Crippen LogP contribution in [0.2, 0.25) is 0 Å². The van der Waals surface area contributed by atoms with Crippen molar-refractivity contribution in [3.63, 3.8) is 0 Å². The van der Waals surface area contributed by atoms with Gasteiger partial charge in [-0.3, -0.25) is 4.79 Å². The number of H-pyrrole nitrogens is 1. The monoisotopic (exact) mass is 333 g/mol. The number of carbonyl (C=O) groups is 1. The fourth-order valence-electron chi connectivity index (χ4n) is 2.97. The summed E-state index contributed by atoms with van der Waals surface area (Å²) < 4.78 is 5.48. The summed E-state index contributed by atoms with van der Waals surface area (Å²) in [7, 11) is 0. The van der Waals surface area contributed by atoms with Crippen molar-refractivity contribution in [2.75, 3.05) is 13.2 Å². The van der Waals surface area contributed by atoms with E-state index in [-0.39, 0.29) is 5.91 Å². The Kier molecular flexibility index (Phi) is 4.21. The highest BCUT2D eigenvalue weighted by atomic mass is 16.5. The van der Waals surface area contributed by atoms with Crippen LogP contribution in [0.4, 0.5) is 0 Å². The molecule has 2 aromatic carbocycles. The maximum atomic E-state index is 12.0. The molecule has 4 rings (SSSR count). The van der Waals surface area contributed by atoms with Gasteiger partial charge in [-0.25, -0.2) is 4.98 Å². The fourth-order valence-corrected chi connectivity index (χ4v) is 2.97. The van der Waals surface area contributed by atoms with Gasteiger partial charge >= 0.3 is 0 Å². The van der Waals surface area contributed by atoms with Crippen LogP contribution in [0.1, 0.15) is 17.0 Å². The molecule has 0 bridgehead atoms. The van der Waals surface area contributed by atoms with Gasteiger partial charge in [0.2, 0.25) is 5.91 Å². The lowest BCUT2D eigenvalue weighted by Crippen LogP contribution is -2.23. The summed E-state index contributed by atoms with van der Waals surface area (Å²) in [5.74, 6) is 1.73. The molecule has 3 aromatic rings. The molecule has 1 aromatic heterocycles. The van der Waals surface area contributed by atoms with E-state index >= 15 is 0 Å². The van der Waals surface area contributed by atoms with Crippen LogP contribution in [0.5, 0.6) is 5.75 Å². The van der Waals surface area contributed by atoms with E-state index in [0.29, 0.717) is 13.0 Å². The van der Waals surface area contributed by atoms with Gasteiger partial charge in [-0.05, 0) is 41.5 Å². The van der Waals surface area contributed by atoms with Crippen LogP contribution in [0.3, 0.4) is 0 Å². The molecule has 0 aliphatic carbocycles. The van der Waals surface area contributed by atoms with Crippen molar-refractivity contribution < 1.29 is 9.53 Å². The highest BCUT2D eigenvalue weighted by molar-refractivity contribution is 5.91. The number of aromatic amines is 1. The number of aromatic nitrogens is 2. The van der Waals surface area contributed by atoms with Gasteiger partial charge < -0.3 is 15.0 Å². The van der Waals surface area contributed by atoms with Gasteiger partial charge in [0.1, 0.15) is 11.6 Å². The smallest absolute Gasteiger partial charge is 0.244 e. The number of hydrogen-bond donors (Lipinski definition) is 2. The quantitative estimate of drug-likeness (QED) is 0.706. The van der Waals surface area contributed by atoms with Gasteiger partial charge in [0, 0.05) is 25.5 Å². The molecule has 1 amide bonds. The van der Waals surface area contributed by atoms with Gasteiger partial charge in [-0.1, -0.05) is 18.2 Å². The molecule has 1 aliphatic heterocycles. The minimum Gasteiger partial charge on any atom is -0.493 e. The highest BCUT2D eigenvalue weighted by Crippen LogP contribution is 2.26. The molecule has 5 heteroatoms. The summed E-state index contributed by atoms with van der Waals surface area (Å²) >= 11 is 0. The van der Waals surface area contributed by atoms with Crippen molar-refractivity contribution in [1.29, 1.82) is 0 Å². The molecule has 0 saturated carbocycles. The largest absolute Gasteiger partial charge is 0.493 e. The summed E-state index contributed by atoms with van der Waals surface area (Å²) in [4.78, 5) is 19.7. The van der Waals surface area contributed by atoms with Crippen LogP contribution in [0, 0.1) is 0 Å². The Hall–Kier alpha value is -3.08. The van der Waals surface area contributed by atoms with E-state index in [9.17, 15) is 4.79 Å². The number of nitrogens with one attached hydrogen (secondary N) is 2. The Labute approximate surface area is 145 Å². The van der Waals surface area contributed by atoms with E-state index in [1.54, 1.807) is 6.08 Å². The van der Waals surface area contributed by atoms with Gasteiger partial charge in [-0.15, -0.1) is 0 Å². The standard InChI is InChI=1S/C20H19N3O2/c24-20(8-6-14-5-7-18-15(13-14)10-12-25-18)21-11-9-19-22-16-3-1-2-4-17(16)23-19/h1-8,13H,9-12H2,(H,21,24)(H,22,23)/b8-6+. The molecule has 2 N–H and O–H groups in total. The van der Waals surface area contributed by atoms with E-state index < -0.39 is 0 Å². The zero-order valence-corrected chi connectivity index (χ0v) is 13.8. The van der Waals surface area contributed by atoms with Gasteiger partial charge in [-0.2, -0.15) is 0 Å². The lowest BCUT2D eigenvalue weighted by Gasteiger charge is -2.01. The van der Waals surface area contributed by atoms with Crippen LogP contribution < -0.4 is 10.1 Å². The first-order valence-electron chi connectivity index (χ1n) is 8.43. The maximum Gasteiger partial charge on any atom is 0.244 e. The third-order valence-corrected chi connectivity index (χ3v) is 4.24. The summed E-state index contributed by atoms with van der Waals surface area (Å²) in [6.45, 7) is 1.28. The molecular formula is C20H19N3O2. The minimum atomic E-state index is -0.104. The van der Waals surface area contributed by atoms with Crippen molar-refractivity contribution >= 4 is 23.0 Å². The average Bonchev–Trinajstić information content (AvgIpc) is 3.25. The lowest BCUT2D eigenvalue weighted by molar-refractivity contribution is -0.116. The molecule has 2 heterocycles. The van der Waals surface area contributed by atoms with Gasteiger partial charge in [0.05, 0.1) is 17.6 Å². The second kappa shape index (κ2) is 6.81. The molecule has 0 unspecified atom stereocenters. The van der Waals surface area contributed by atoms with E-state index in [1.165, 1.54) is 5.56 Å². The van der Waals surface area contributed by atoms with E-state index in [4.69, 9.17) is 4.74 Å². The first-order valence-corrected chi connectivity index (χ1v) is 8.43. The Balaban J connectivity index is 1.30. The normalized spacial score (nSPS) is 13.1. The first-order chi connectivity index (χ1) is 12.3. The molecule has 0 atom stereocenters. The second-order valence-electron chi connectivity index (χ2n) is 6.04. The van der Waals surface area contributed by atoms with Crippen LogP contribution >= 0.6 is 0 Å². The third-order valence-electron chi connectivity index (χ3n) is 4.24. The van der Waals surface area contributed by atoms with E-state index in [2.05, 4.69) is 21.4 Å². The average molecular weight is 333 g/mol. The highest BCUT2D eigenvalue weighted by Gasteiger charge is 2.11. The van der Waals surface area contributed by atoms with Crippen LogP contribution in [-0.4, -0.2) is 29.0 Å². The summed E-state index contributed by atoms with van der Waals surface area (Å²) in [5.41, 5.74) is 4.18. The van der Waals surface area contributed by atoms with Crippen molar-refractivity contribution in [1.82, 2.24) is 15.3 Å². The zero-order chi connectivity index (χ0) is 17.1. The number of carbonyl (C=O) groups excluding carboxylic acids is 1. The van der Waals surface area contributed by atoms with Crippen LogP contribution in [-0.2, 0) is 17.6 Å². The number of para-hydroxylation sites is 2. The van der Waals surface area contributed by atoms with Crippen molar-refractivity contribution in [2.45, 2.75) is 12.8 Å². The summed E-state index contributed by atoms with van der Waals surface area (Å²) in [6.07, 6.45) is 5.00. The van der Waals surface area contributed by atoms with Crippen molar-refractivity contribution in [2.24, 2.45) is 0 Å². The number of imidazole rings is 1. The molecular weight excluding hydrogens is 314 g/mol. The van der Waals surface area contributed by atoms with Crippen molar-refractivity contribution in [3.8, 4) is 5.75 Å². The number of hydrogen-bond acceptors (Lipinski definition) is 3. The Morgan fingerprint density at radius 2 is 2.20 bits per heavy atom. The topological polar surface area (TPSA) is 67.0 Å². The van der Waals surface area contributed by atoms with E-state index in [1.807, 2.05) is 42.5 Å². The molecule has 0 spiro atoms. The number of benzene rings is 2. The molecule has 25 heavy (non-hydrogen) atoms. The molecule has 1 aliphatic rings. The zero-order valence-electron chi connectivity index (χ0n) is 13.8. The Bertz CT molecular complexity index is 910. The van der Waals surface area contributed by atoms with Crippen molar-refractivity contribution in [3.05, 3.63) is 65.5 Å². The van der Waals surface area contributed by atoms with Crippen LogP contribution in [0.15, 0.2) is 48.5 Å². The number of nitrogens with zero attached hydrogens (tertiary/aromatic N) is 1. The molecule has 5 nitrogen and oxygen atoms in total. The lowest BCUT2D eigenvalue weighted by atomic mass is 10.1. The number of fused-ring (bicyclic) bond motifs is 2. The fraction of sp³-hybridized carbons (Fsp3) is 0.200. The summed E-state index contributed by atoms with van der Waals surface area (Å²) in [5, 5.41) is 2.89. The molecule has 0 saturated heterocycles. The third kappa shape index (κ3) is 3.55. The van der Waals surface area contributed by atoms with E-state index in [0.717, 1.165) is 41.2 Å². The Morgan fingerprint density at radius 3 is 3.12 bits per heavy atom. The predicted molar refractivity (Wildman–Crippen MR) is 97.5 cm³/mol. The number of amides is 1. The first kappa shape index (κ1) is 15.4. The summed E-state index contributed by atoms with van der Waals surface area (Å²) in [6, 6.07) is 13.9. The number of ether oxygens (including phenoxy) is 1. The SMILES string of the molecule is O=C(/C=C/c1ccc2c(c1)CCO2)NCCc1nc2ccccc2[nH]1. The number of rotatable bonds is 5.